The number of benzene rings is 1. The minimum atomic E-state index is -0.0971. The van der Waals surface area contributed by atoms with Gasteiger partial charge in [0.05, 0.1) is 0 Å². The molecule has 2 heterocycles. The molecule has 0 bridgehead atoms. The average Bonchev–Trinajstić information content (AvgIpc) is 3.07. The Bertz CT molecular complexity index is 758. The van der Waals surface area contributed by atoms with Gasteiger partial charge in [-0.15, -0.1) is 0 Å². The van der Waals surface area contributed by atoms with E-state index in [1.807, 2.05) is 24.0 Å². The Kier molecular flexibility index (Phi) is 5.22. The summed E-state index contributed by atoms with van der Waals surface area (Å²) in [7, 11) is 0. The second-order valence-electron chi connectivity index (χ2n) is 6.51. The van der Waals surface area contributed by atoms with Crippen molar-refractivity contribution in [3.63, 3.8) is 0 Å². The molecule has 5 heteroatoms. The topological polar surface area (TPSA) is 53.8 Å². The summed E-state index contributed by atoms with van der Waals surface area (Å²) in [4.78, 5) is 28.4. The lowest BCUT2D eigenvalue weighted by Crippen LogP contribution is -2.50. The van der Waals surface area contributed by atoms with Gasteiger partial charge in [-0.25, -0.2) is 0 Å². The Morgan fingerprint density at radius 3 is 2.28 bits per heavy atom. The average molecular weight is 340 g/mol. The lowest BCUT2D eigenvalue weighted by atomic mass is 10.0. The molecule has 0 saturated carbocycles. The molecule has 0 atom stereocenters. The molecule has 3 rings (SSSR count). The monoisotopic (exact) mass is 340 g/mol. The van der Waals surface area contributed by atoms with Crippen molar-refractivity contribution in [2.24, 2.45) is 0 Å². The molecule has 1 aliphatic rings. The molecule has 1 aromatic carbocycles. The molecule has 25 heavy (non-hydrogen) atoms. The summed E-state index contributed by atoms with van der Waals surface area (Å²) < 4.78 is 5.40. The van der Waals surface area contributed by atoms with E-state index >= 15 is 0 Å². The van der Waals surface area contributed by atoms with Crippen LogP contribution in [0.1, 0.15) is 33.9 Å². The third-order valence-corrected chi connectivity index (χ3v) is 4.74. The predicted octanol–water partition coefficient (Wildman–Crippen LogP) is 2.81. The van der Waals surface area contributed by atoms with Crippen molar-refractivity contribution in [3.05, 3.63) is 59.0 Å². The van der Waals surface area contributed by atoms with Crippen molar-refractivity contribution in [2.75, 3.05) is 26.2 Å². The summed E-state index contributed by atoms with van der Waals surface area (Å²) in [5.74, 6) is 1.16. The molecule has 1 fully saturated rings. The number of amides is 2. The van der Waals surface area contributed by atoms with Crippen molar-refractivity contribution in [3.8, 4) is 0 Å². The van der Waals surface area contributed by atoms with Gasteiger partial charge in [0.25, 0.3) is 5.91 Å². The maximum atomic E-state index is 12.4. The number of furan rings is 1. The summed E-state index contributed by atoms with van der Waals surface area (Å²) >= 11 is 0. The molecule has 0 spiro atoms. The molecule has 5 nitrogen and oxygen atoms in total. The maximum Gasteiger partial charge on any atom is 0.289 e. The van der Waals surface area contributed by atoms with E-state index in [-0.39, 0.29) is 11.8 Å². The first-order chi connectivity index (χ1) is 12.0. The molecule has 0 unspecified atom stereocenters. The first kappa shape index (κ1) is 17.3. The van der Waals surface area contributed by atoms with Crippen molar-refractivity contribution in [1.82, 2.24) is 9.80 Å². The highest BCUT2D eigenvalue weighted by Gasteiger charge is 2.26. The van der Waals surface area contributed by atoms with Crippen LogP contribution >= 0.6 is 0 Å². The van der Waals surface area contributed by atoms with Gasteiger partial charge in [-0.05, 0) is 43.5 Å². The van der Waals surface area contributed by atoms with E-state index in [0.29, 0.717) is 38.4 Å². The number of hydrogen-bond acceptors (Lipinski definition) is 3. The number of carbonyl (C=O) groups excluding carboxylic acids is 2. The zero-order valence-electron chi connectivity index (χ0n) is 14.8. The standard InChI is InChI=1S/C20H24N2O3/c1-15-5-3-4-6-17(15)8-10-19(23)21-11-13-22(14-12-21)20(24)18-9-7-16(2)25-18/h3-7,9H,8,10-14H2,1-2H3. The second kappa shape index (κ2) is 7.55. The van der Waals surface area contributed by atoms with Crippen LogP contribution in [0.4, 0.5) is 0 Å². The molecule has 1 aromatic heterocycles. The molecule has 1 aliphatic heterocycles. The van der Waals surface area contributed by atoms with Gasteiger partial charge in [0, 0.05) is 32.6 Å². The molecule has 0 aliphatic carbocycles. The van der Waals surface area contributed by atoms with Gasteiger partial charge in [0.15, 0.2) is 5.76 Å². The number of carbonyl (C=O) groups is 2. The predicted molar refractivity (Wildman–Crippen MR) is 95.4 cm³/mol. The quantitative estimate of drug-likeness (QED) is 0.860. The van der Waals surface area contributed by atoms with Crippen LogP contribution in [-0.2, 0) is 11.2 Å². The minimum Gasteiger partial charge on any atom is -0.456 e. The summed E-state index contributed by atoms with van der Waals surface area (Å²) in [6.07, 6.45) is 1.27. The first-order valence-corrected chi connectivity index (χ1v) is 8.72. The lowest BCUT2D eigenvalue weighted by Gasteiger charge is -2.34. The van der Waals surface area contributed by atoms with Crippen LogP contribution in [0.15, 0.2) is 40.8 Å². The maximum absolute atomic E-state index is 12.4. The molecule has 2 amide bonds. The van der Waals surface area contributed by atoms with Crippen LogP contribution in [0, 0.1) is 13.8 Å². The van der Waals surface area contributed by atoms with Crippen LogP contribution in [-0.4, -0.2) is 47.8 Å². The summed E-state index contributed by atoms with van der Waals surface area (Å²) in [5, 5.41) is 0. The normalized spacial score (nSPS) is 14.6. The third-order valence-electron chi connectivity index (χ3n) is 4.74. The van der Waals surface area contributed by atoms with E-state index in [2.05, 4.69) is 19.1 Å². The van der Waals surface area contributed by atoms with Crippen molar-refractivity contribution >= 4 is 11.8 Å². The zero-order chi connectivity index (χ0) is 17.8. The number of rotatable bonds is 4. The van der Waals surface area contributed by atoms with Crippen LogP contribution in [0.5, 0.6) is 0 Å². The highest BCUT2D eigenvalue weighted by molar-refractivity contribution is 5.91. The number of nitrogens with zero attached hydrogens (tertiary/aromatic N) is 2. The van der Waals surface area contributed by atoms with E-state index in [4.69, 9.17) is 4.42 Å². The molecule has 0 N–H and O–H groups in total. The first-order valence-electron chi connectivity index (χ1n) is 8.72. The van der Waals surface area contributed by atoms with Crippen LogP contribution in [0.3, 0.4) is 0 Å². The van der Waals surface area contributed by atoms with Crippen molar-refractivity contribution in [1.29, 1.82) is 0 Å². The van der Waals surface area contributed by atoms with Crippen LogP contribution in [0.25, 0.3) is 0 Å². The third kappa shape index (κ3) is 4.10. The Balaban J connectivity index is 1.49. The molecular formula is C20H24N2O3. The van der Waals surface area contributed by atoms with Crippen LogP contribution < -0.4 is 0 Å². The Hall–Kier alpha value is -2.56. The summed E-state index contributed by atoms with van der Waals surface area (Å²) in [6.45, 7) is 6.15. The number of aryl methyl sites for hydroxylation is 3. The van der Waals surface area contributed by atoms with Crippen molar-refractivity contribution in [2.45, 2.75) is 26.7 Å². The Morgan fingerprint density at radius 2 is 1.64 bits per heavy atom. The lowest BCUT2D eigenvalue weighted by molar-refractivity contribution is -0.132. The zero-order valence-corrected chi connectivity index (χ0v) is 14.8. The van der Waals surface area contributed by atoms with Gasteiger partial charge in [-0.1, -0.05) is 24.3 Å². The summed E-state index contributed by atoms with van der Waals surface area (Å²) in [5.41, 5.74) is 2.44. The van der Waals surface area contributed by atoms with Gasteiger partial charge in [0.1, 0.15) is 5.76 Å². The number of hydrogen-bond donors (Lipinski definition) is 0. The Morgan fingerprint density at radius 1 is 0.960 bits per heavy atom. The van der Waals surface area contributed by atoms with Crippen LogP contribution in [0.2, 0.25) is 0 Å². The fraction of sp³-hybridized carbons (Fsp3) is 0.400. The highest BCUT2D eigenvalue weighted by atomic mass is 16.3. The van der Waals surface area contributed by atoms with E-state index in [1.54, 1.807) is 17.0 Å². The number of piperazine rings is 1. The fourth-order valence-corrected chi connectivity index (χ4v) is 3.15. The van der Waals surface area contributed by atoms with E-state index < -0.39 is 0 Å². The van der Waals surface area contributed by atoms with Gasteiger partial charge in [-0.3, -0.25) is 9.59 Å². The van der Waals surface area contributed by atoms with E-state index in [0.717, 1.165) is 12.2 Å². The van der Waals surface area contributed by atoms with E-state index in [9.17, 15) is 9.59 Å². The highest BCUT2D eigenvalue weighted by Crippen LogP contribution is 2.14. The second-order valence-corrected chi connectivity index (χ2v) is 6.51. The smallest absolute Gasteiger partial charge is 0.289 e. The fourth-order valence-electron chi connectivity index (χ4n) is 3.15. The Labute approximate surface area is 148 Å². The summed E-state index contributed by atoms with van der Waals surface area (Å²) in [6, 6.07) is 11.7. The molecule has 1 saturated heterocycles. The molecule has 132 valence electrons. The van der Waals surface area contributed by atoms with Crippen molar-refractivity contribution < 1.29 is 14.0 Å². The van der Waals surface area contributed by atoms with Gasteiger partial charge in [-0.2, -0.15) is 0 Å². The molecule has 0 radical (unpaired) electrons. The molecule has 2 aromatic rings. The van der Waals surface area contributed by atoms with Gasteiger partial charge >= 0.3 is 0 Å². The SMILES string of the molecule is Cc1ccc(C(=O)N2CCN(C(=O)CCc3ccccc3C)CC2)o1. The van der Waals surface area contributed by atoms with E-state index in [1.165, 1.54) is 11.1 Å². The largest absolute Gasteiger partial charge is 0.456 e. The van der Waals surface area contributed by atoms with Gasteiger partial charge in [0.2, 0.25) is 5.91 Å². The molecular weight excluding hydrogens is 316 g/mol. The minimum absolute atomic E-state index is 0.0971. The van der Waals surface area contributed by atoms with Gasteiger partial charge < -0.3 is 14.2 Å².